The highest BCUT2D eigenvalue weighted by molar-refractivity contribution is 5.92. The van der Waals surface area contributed by atoms with Gasteiger partial charge in [0, 0.05) is 25.9 Å². The average molecular weight is 398 g/mol. The molecule has 0 spiro atoms. The summed E-state index contributed by atoms with van der Waals surface area (Å²) in [6.45, 7) is 6.12. The maximum Gasteiger partial charge on any atom is 0.273 e. The molecule has 1 atom stereocenters. The standard InChI is InChI=1S/C20H26N6O3/c1-3-29-14-20(6-7-20)18(28)25-10-8-19(2,13-25)22-17(27)16-12-26(24-23-16)15-5-4-9-21-11-15/h4-5,9,11-12H,3,6-8,10,13-14H2,1-2H3,(H,22,27). The molecule has 0 radical (unpaired) electrons. The van der Waals surface area contributed by atoms with E-state index in [2.05, 4.69) is 20.6 Å². The van der Waals surface area contributed by atoms with Crippen LogP contribution in [0.15, 0.2) is 30.7 Å². The lowest BCUT2D eigenvalue weighted by molar-refractivity contribution is -0.138. The molecule has 0 aromatic carbocycles. The van der Waals surface area contributed by atoms with E-state index in [1.807, 2.05) is 24.8 Å². The van der Waals surface area contributed by atoms with E-state index in [9.17, 15) is 9.59 Å². The Labute approximate surface area is 169 Å². The molecule has 4 rings (SSSR count). The van der Waals surface area contributed by atoms with E-state index >= 15 is 0 Å². The molecule has 9 nitrogen and oxygen atoms in total. The summed E-state index contributed by atoms with van der Waals surface area (Å²) in [4.78, 5) is 31.6. The molecule has 2 amide bonds. The first kappa shape index (κ1) is 19.5. The normalized spacial score (nSPS) is 22.5. The summed E-state index contributed by atoms with van der Waals surface area (Å²) in [5.74, 6) is -0.154. The molecular formula is C20H26N6O3. The molecule has 2 aromatic rings. The van der Waals surface area contributed by atoms with Gasteiger partial charge in [0.1, 0.15) is 0 Å². The number of nitrogens with zero attached hydrogens (tertiary/aromatic N) is 5. The van der Waals surface area contributed by atoms with Gasteiger partial charge < -0.3 is 15.0 Å². The third-order valence-electron chi connectivity index (χ3n) is 5.70. The lowest BCUT2D eigenvalue weighted by Gasteiger charge is -2.27. The van der Waals surface area contributed by atoms with E-state index in [0.29, 0.717) is 32.7 Å². The van der Waals surface area contributed by atoms with Crippen LogP contribution >= 0.6 is 0 Å². The van der Waals surface area contributed by atoms with E-state index in [-0.39, 0.29) is 22.9 Å². The quantitative estimate of drug-likeness (QED) is 0.752. The van der Waals surface area contributed by atoms with Crippen molar-refractivity contribution < 1.29 is 14.3 Å². The van der Waals surface area contributed by atoms with Gasteiger partial charge in [-0.05, 0) is 45.2 Å². The number of ether oxygens (including phenoxy) is 1. The molecule has 2 aliphatic rings. The highest BCUT2D eigenvalue weighted by atomic mass is 16.5. The molecule has 0 bridgehead atoms. The Morgan fingerprint density at radius 3 is 2.83 bits per heavy atom. The summed E-state index contributed by atoms with van der Waals surface area (Å²) >= 11 is 0. The number of carbonyl (C=O) groups is 2. The molecule has 2 fully saturated rings. The fourth-order valence-corrected chi connectivity index (χ4v) is 3.76. The molecule has 1 saturated carbocycles. The van der Waals surface area contributed by atoms with Crippen molar-refractivity contribution in [2.45, 2.75) is 38.6 Å². The van der Waals surface area contributed by atoms with E-state index in [1.54, 1.807) is 24.7 Å². The third-order valence-corrected chi connectivity index (χ3v) is 5.70. The number of amides is 2. The van der Waals surface area contributed by atoms with Gasteiger partial charge in [-0.3, -0.25) is 14.6 Å². The van der Waals surface area contributed by atoms with Crippen LogP contribution in [-0.2, 0) is 9.53 Å². The Morgan fingerprint density at radius 1 is 1.31 bits per heavy atom. The second-order valence-electron chi connectivity index (χ2n) is 8.17. The number of nitrogens with one attached hydrogen (secondary N) is 1. The van der Waals surface area contributed by atoms with Gasteiger partial charge in [-0.15, -0.1) is 5.10 Å². The number of likely N-dealkylation sites (tertiary alicyclic amines) is 1. The zero-order valence-corrected chi connectivity index (χ0v) is 16.8. The molecule has 1 saturated heterocycles. The van der Waals surface area contributed by atoms with Crippen LogP contribution in [0.2, 0.25) is 0 Å². The van der Waals surface area contributed by atoms with Crippen molar-refractivity contribution in [2.24, 2.45) is 5.41 Å². The number of carbonyl (C=O) groups excluding carboxylic acids is 2. The maximum atomic E-state index is 12.9. The third kappa shape index (κ3) is 4.00. The second-order valence-corrected chi connectivity index (χ2v) is 8.17. The second kappa shape index (κ2) is 7.55. The lowest BCUT2D eigenvalue weighted by Crippen LogP contribution is -2.49. The van der Waals surface area contributed by atoms with Crippen LogP contribution in [0.4, 0.5) is 0 Å². The first-order chi connectivity index (χ1) is 13.9. The van der Waals surface area contributed by atoms with Gasteiger partial charge in [0.15, 0.2) is 5.69 Å². The summed E-state index contributed by atoms with van der Waals surface area (Å²) in [5.41, 5.74) is 0.117. The Morgan fingerprint density at radius 2 is 2.14 bits per heavy atom. The Balaban J connectivity index is 1.38. The molecule has 1 aliphatic heterocycles. The minimum atomic E-state index is -0.494. The van der Waals surface area contributed by atoms with Crippen LogP contribution < -0.4 is 5.32 Å². The summed E-state index contributed by atoms with van der Waals surface area (Å²) in [5, 5.41) is 11.0. The summed E-state index contributed by atoms with van der Waals surface area (Å²) in [6.07, 6.45) is 7.35. The van der Waals surface area contributed by atoms with Crippen LogP contribution in [0.3, 0.4) is 0 Å². The zero-order chi connectivity index (χ0) is 20.5. The lowest BCUT2D eigenvalue weighted by atomic mass is 10.0. The van der Waals surface area contributed by atoms with Crippen molar-refractivity contribution in [3.63, 3.8) is 0 Å². The zero-order valence-electron chi connectivity index (χ0n) is 16.8. The van der Waals surface area contributed by atoms with E-state index in [1.165, 1.54) is 4.68 Å². The van der Waals surface area contributed by atoms with Crippen molar-refractivity contribution in [1.29, 1.82) is 0 Å². The van der Waals surface area contributed by atoms with E-state index in [4.69, 9.17) is 4.74 Å². The van der Waals surface area contributed by atoms with Gasteiger partial charge in [-0.25, -0.2) is 4.68 Å². The molecule has 2 aromatic heterocycles. The van der Waals surface area contributed by atoms with Gasteiger partial charge in [0.25, 0.3) is 5.91 Å². The smallest absolute Gasteiger partial charge is 0.273 e. The molecule has 154 valence electrons. The molecule has 9 heteroatoms. The van der Waals surface area contributed by atoms with Crippen molar-refractivity contribution in [2.75, 3.05) is 26.3 Å². The highest BCUT2D eigenvalue weighted by Gasteiger charge is 2.53. The van der Waals surface area contributed by atoms with Crippen LogP contribution in [0, 0.1) is 5.41 Å². The Kier molecular flexibility index (Phi) is 5.08. The van der Waals surface area contributed by atoms with Crippen molar-refractivity contribution in [1.82, 2.24) is 30.2 Å². The molecule has 3 heterocycles. The fraction of sp³-hybridized carbons (Fsp3) is 0.550. The van der Waals surface area contributed by atoms with Crippen molar-refractivity contribution in [3.8, 4) is 5.69 Å². The molecular weight excluding hydrogens is 372 g/mol. The van der Waals surface area contributed by atoms with Crippen molar-refractivity contribution >= 4 is 11.8 Å². The SMILES string of the molecule is CCOCC1(C(=O)N2CCC(C)(NC(=O)c3cn(-c4cccnc4)nn3)C2)CC1. The largest absolute Gasteiger partial charge is 0.381 e. The number of aromatic nitrogens is 4. The van der Waals surface area contributed by atoms with Crippen molar-refractivity contribution in [3.05, 3.63) is 36.4 Å². The summed E-state index contributed by atoms with van der Waals surface area (Å²) in [7, 11) is 0. The molecule has 29 heavy (non-hydrogen) atoms. The first-order valence-electron chi connectivity index (χ1n) is 9.97. The Bertz CT molecular complexity index is 895. The molecule has 1 aliphatic carbocycles. The number of pyridine rings is 1. The van der Waals surface area contributed by atoms with Gasteiger partial charge >= 0.3 is 0 Å². The van der Waals surface area contributed by atoms with Gasteiger partial charge in [0.2, 0.25) is 5.91 Å². The predicted molar refractivity (Wildman–Crippen MR) is 104 cm³/mol. The van der Waals surface area contributed by atoms with Gasteiger partial charge in [-0.1, -0.05) is 5.21 Å². The first-order valence-corrected chi connectivity index (χ1v) is 9.97. The van der Waals surface area contributed by atoms with Crippen LogP contribution in [-0.4, -0.2) is 68.5 Å². The summed E-state index contributed by atoms with van der Waals surface area (Å²) in [6, 6.07) is 3.63. The van der Waals surface area contributed by atoms with Gasteiger partial charge in [-0.2, -0.15) is 0 Å². The maximum absolute atomic E-state index is 12.9. The molecule has 1 unspecified atom stereocenters. The monoisotopic (exact) mass is 398 g/mol. The van der Waals surface area contributed by atoms with Crippen LogP contribution in [0.25, 0.3) is 5.69 Å². The van der Waals surface area contributed by atoms with Gasteiger partial charge in [0.05, 0.1) is 35.6 Å². The topological polar surface area (TPSA) is 102 Å². The van der Waals surface area contributed by atoms with E-state index in [0.717, 1.165) is 18.5 Å². The predicted octanol–water partition coefficient (Wildman–Crippen LogP) is 1.20. The van der Waals surface area contributed by atoms with Crippen LogP contribution in [0.5, 0.6) is 0 Å². The number of rotatable bonds is 7. The number of hydrogen-bond donors (Lipinski definition) is 1. The minimum Gasteiger partial charge on any atom is -0.381 e. The summed E-state index contributed by atoms with van der Waals surface area (Å²) < 4.78 is 7.03. The van der Waals surface area contributed by atoms with E-state index < -0.39 is 5.54 Å². The fourth-order valence-electron chi connectivity index (χ4n) is 3.76. The number of hydrogen-bond acceptors (Lipinski definition) is 6. The Hall–Kier alpha value is -2.81. The minimum absolute atomic E-state index is 0.145. The molecule has 1 N–H and O–H groups in total. The highest BCUT2D eigenvalue weighted by Crippen LogP contribution is 2.48. The average Bonchev–Trinajstić information content (AvgIpc) is 3.17. The van der Waals surface area contributed by atoms with Crippen LogP contribution in [0.1, 0.15) is 43.6 Å².